The van der Waals surface area contributed by atoms with Gasteiger partial charge in [-0.1, -0.05) is 13.0 Å². The minimum Gasteiger partial charge on any atom is -0.308 e. The van der Waals surface area contributed by atoms with Gasteiger partial charge in [0.1, 0.15) is 0 Å². The van der Waals surface area contributed by atoms with Crippen LogP contribution in [0.1, 0.15) is 25.1 Å². The summed E-state index contributed by atoms with van der Waals surface area (Å²) in [5, 5.41) is 3.47. The Morgan fingerprint density at radius 2 is 2.27 bits per heavy atom. The molecular weight excluding hydrogens is 204 g/mol. The lowest BCUT2D eigenvalue weighted by molar-refractivity contribution is 0.588. The summed E-state index contributed by atoms with van der Waals surface area (Å²) < 4.78 is 0. The zero-order valence-electron chi connectivity index (χ0n) is 9.79. The highest BCUT2D eigenvalue weighted by Crippen LogP contribution is 2.03. The minimum absolute atomic E-state index is 0.554. The van der Waals surface area contributed by atoms with E-state index < -0.39 is 0 Å². The van der Waals surface area contributed by atoms with E-state index in [1.165, 1.54) is 17.1 Å². The first-order valence-corrected chi connectivity index (χ1v) is 6.60. The lowest BCUT2D eigenvalue weighted by Gasteiger charge is -2.12. The molecule has 0 saturated carbocycles. The molecule has 0 fully saturated rings. The maximum absolute atomic E-state index is 4.36. The Morgan fingerprint density at radius 3 is 2.87 bits per heavy atom. The Bertz CT molecular complexity index is 271. The predicted octanol–water partition coefficient (Wildman–Crippen LogP) is 2.62. The van der Waals surface area contributed by atoms with Crippen LogP contribution in [0.25, 0.3) is 0 Å². The van der Waals surface area contributed by atoms with Crippen LogP contribution in [0.15, 0.2) is 18.3 Å². The first-order valence-electron chi connectivity index (χ1n) is 5.45. The van der Waals surface area contributed by atoms with E-state index in [0.29, 0.717) is 6.04 Å². The molecule has 84 valence electrons. The van der Waals surface area contributed by atoms with Crippen molar-refractivity contribution >= 4 is 11.8 Å². The Labute approximate surface area is 96.9 Å². The predicted molar refractivity (Wildman–Crippen MR) is 68.3 cm³/mol. The first-order chi connectivity index (χ1) is 7.22. The number of thioether (sulfide) groups is 1. The van der Waals surface area contributed by atoms with Gasteiger partial charge < -0.3 is 5.32 Å². The molecule has 0 aliphatic heterocycles. The fourth-order valence-corrected chi connectivity index (χ4v) is 1.94. The molecular formula is C12H20N2S. The summed E-state index contributed by atoms with van der Waals surface area (Å²) in [5.74, 6) is 2.36. The van der Waals surface area contributed by atoms with Crippen molar-refractivity contribution in [1.29, 1.82) is 0 Å². The van der Waals surface area contributed by atoms with Gasteiger partial charge in [-0.15, -0.1) is 0 Å². The molecule has 1 unspecified atom stereocenters. The third-order valence-electron chi connectivity index (χ3n) is 2.18. The van der Waals surface area contributed by atoms with E-state index in [-0.39, 0.29) is 0 Å². The number of aryl methyl sites for hydroxylation is 1. The smallest absolute Gasteiger partial charge is 0.0541 e. The summed E-state index contributed by atoms with van der Waals surface area (Å²) in [4.78, 5) is 4.36. The van der Waals surface area contributed by atoms with Crippen LogP contribution in [-0.4, -0.2) is 22.5 Å². The molecule has 3 heteroatoms. The van der Waals surface area contributed by atoms with Gasteiger partial charge in [0, 0.05) is 24.5 Å². The molecule has 15 heavy (non-hydrogen) atoms. The number of rotatable bonds is 6. The molecule has 0 saturated heterocycles. The van der Waals surface area contributed by atoms with Gasteiger partial charge in [-0.3, -0.25) is 4.98 Å². The van der Waals surface area contributed by atoms with Crippen LogP contribution < -0.4 is 5.32 Å². The van der Waals surface area contributed by atoms with E-state index in [0.717, 1.165) is 12.2 Å². The molecule has 1 rings (SSSR count). The van der Waals surface area contributed by atoms with Crippen LogP contribution in [0.5, 0.6) is 0 Å². The van der Waals surface area contributed by atoms with Gasteiger partial charge in [0.2, 0.25) is 0 Å². The molecule has 0 radical (unpaired) electrons. The van der Waals surface area contributed by atoms with Crippen LogP contribution in [0.2, 0.25) is 0 Å². The second-order valence-electron chi connectivity index (χ2n) is 3.77. The van der Waals surface area contributed by atoms with Gasteiger partial charge in [-0.05, 0) is 31.2 Å². The van der Waals surface area contributed by atoms with Crippen molar-refractivity contribution in [1.82, 2.24) is 10.3 Å². The molecule has 0 aromatic carbocycles. The average Bonchev–Trinajstić information content (AvgIpc) is 2.25. The van der Waals surface area contributed by atoms with E-state index in [1.807, 2.05) is 18.0 Å². The van der Waals surface area contributed by atoms with Gasteiger partial charge in [-0.25, -0.2) is 0 Å². The Balaban J connectivity index is 2.27. The maximum Gasteiger partial charge on any atom is 0.0541 e. The second kappa shape index (κ2) is 6.85. The highest BCUT2D eigenvalue weighted by molar-refractivity contribution is 7.99. The fourth-order valence-electron chi connectivity index (χ4n) is 1.24. The molecule has 0 aliphatic carbocycles. The summed E-state index contributed by atoms with van der Waals surface area (Å²) >= 11 is 1.97. The lowest BCUT2D eigenvalue weighted by atomic mass is 10.2. The number of hydrogen-bond donors (Lipinski definition) is 1. The summed E-state index contributed by atoms with van der Waals surface area (Å²) in [5.41, 5.74) is 2.34. The van der Waals surface area contributed by atoms with Crippen LogP contribution in [0, 0.1) is 6.92 Å². The van der Waals surface area contributed by atoms with E-state index in [9.17, 15) is 0 Å². The van der Waals surface area contributed by atoms with Crippen LogP contribution in [-0.2, 0) is 6.54 Å². The quantitative estimate of drug-likeness (QED) is 0.804. The van der Waals surface area contributed by atoms with Crippen molar-refractivity contribution < 1.29 is 0 Å². The van der Waals surface area contributed by atoms with Gasteiger partial charge in [0.05, 0.1) is 5.69 Å². The zero-order chi connectivity index (χ0) is 11.1. The molecule has 1 N–H and O–H groups in total. The van der Waals surface area contributed by atoms with Crippen molar-refractivity contribution in [3.8, 4) is 0 Å². The topological polar surface area (TPSA) is 24.9 Å². The van der Waals surface area contributed by atoms with E-state index in [4.69, 9.17) is 0 Å². The SMILES string of the molecule is CCSCC(C)NCc1ccc(C)cn1. The monoisotopic (exact) mass is 224 g/mol. The maximum atomic E-state index is 4.36. The molecule has 2 nitrogen and oxygen atoms in total. The number of hydrogen-bond acceptors (Lipinski definition) is 3. The largest absolute Gasteiger partial charge is 0.308 e. The number of nitrogens with zero attached hydrogens (tertiary/aromatic N) is 1. The van der Waals surface area contributed by atoms with Crippen molar-refractivity contribution in [2.24, 2.45) is 0 Å². The third kappa shape index (κ3) is 5.19. The Hall–Kier alpha value is -0.540. The zero-order valence-corrected chi connectivity index (χ0v) is 10.6. The van der Waals surface area contributed by atoms with Crippen molar-refractivity contribution in [2.45, 2.75) is 33.4 Å². The highest BCUT2D eigenvalue weighted by Gasteiger charge is 2.01. The van der Waals surface area contributed by atoms with Crippen LogP contribution >= 0.6 is 11.8 Å². The number of aromatic nitrogens is 1. The van der Waals surface area contributed by atoms with E-state index in [1.54, 1.807) is 0 Å². The summed E-state index contributed by atoms with van der Waals surface area (Å²) in [6, 6.07) is 4.75. The standard InChI is InChI=1S/C12H20N2S/c1-4-15-9-11(3)13-8-12-6-5-10(2)7-14-12/h5-7,11,13H,4,8-9H2,1-3H3. The molecule has 0 amide bonds. The van der Waals surface area contributed by atoms with Gasteiger partial charge in [-0.2, -0.15) is 11.8 Å². The first kappa shape index (κ1) is 12.5. The summed E-state index contributed by atoms with van der Waals surface area (Å²) in [6.45, 7) is 7.34. The summed E-state index contributed by atoms with van der Waals surface area (Å²) in [7, 11) is 0. The number of nitrogens with one attached hydrogen (secondary N) is 1. The molecule has 1 atom stereocenters. The Kier molecular flexibility index (Phi) is 5.73. The molecule has 1 heterocycles. The van der Waals surface area contributed by atoms with Crippen LogP contribution in [0.3, 0.4) is 0 Å². The van der Waals surface area contributed by atoms with Crippen molar-refractivity contribution in [3.63, 3.8) is 0 Å². The molecule has 0 spiro atoms. The van der Waals surface area contributed by atoms with Crippen molar-refractivity contribution in [2.75, 3.05) is 11.5 Å². The molecule has 1 aromatic rings. The molecule has 1 aromatic heterocycles. The van der Waals surface area contributed by atoms with Gasteiger partial charge in [0.15, 0.2) is 0 Å². The van der Waals surface area contributed by atoms with Gasteiger partial charge >= 0.3 is 0 Å². The summed E-state index contributed by atoms with van der Waals surface area (Å²) in [6.07, 6.45) is 1.92. The highest BCUT2D eigenvalue weighted by atomic mass is 32.2. The molecule has 0 bridgehead atoms. The van der Waals surface area contributed by atoms with Crippen molar-refractivity contribution in [3.05, 3.63) is 29.6 Å². The minimum atomic E-state index is 0.554. The number of pyridine rings is 1. The van der Waals surface area contributed by atoms with E-state index >= 15 is 0 Å². The fraction of sp³-hybridized carbons (Fsp3) is 0.583. The lowest BCUT2D eigenvalue weighted by Crippen LogP contribution is -2.28. The Morgan fingerprint density at radius 1 is 1.47 bits per heavy atom. The molecule has 0 aliphatic rings. The van der Waals surface area contributed by atoms with Crippen LogP contribution in [0.4, 0.5) is 0 Å². The van der Waals surface area contributed by atoms with E-state index in [2.05, 4.69) is 43.2 Å². The second-order valence-corrected chi connectivity index (χ2v) is 5.09. The average molecular weight is 224 g/mol. The van der Waals surface area contributed by atoms with Gasteiger partial charge in [0.25, 0.3) is 0 Å². The third-order valence-corrected chi connectivity index (χ3v) is 3.32. The normalized spacial score (nSPS) is 12.7.